The van der Waals surface area contributed by atoms with Crippen LogP contribution in [0.3, 0.4) is 0 Å². The van der Waals surface area contributed by atoms with Gasteiger partial charge in [0.25, 0.3) is 0 Å². The lowest BCUT2D eigenvalue weighted by Gasteiger charge is -2.05. The predicted octanol–water partition coefficient (Wildman–Crippen LogP) is 3.19. The number of rotatable bonds is 5. The molecule has 0 bridgehead atoms. The van der Waals surface area contributed by atoms with Gasteiger partial charge in [0.2, 0.25) is 5.91 Å². The second kappa shape index (κ2) is 7.00. The van der Waals surface area contributed by atoms with Crippen molar-refractivity contribution < 1.29 is 9.53 Å². The average molecular weight is 306 g/mol. The summed E-state index contributed by atoms with van der Waals surface area (Å²) in [5.74, 6) is -0.0513. The van der Waals surface area contributed by atoms with Crippen LogP contribution < -0.4 is 4.80 Å². The largest absolute Gasteiger partial charge is 0.383 e. The molecule has 0 aliphatic heterocycles. The number of carbonyl (C=O) groups is 1. The standard InChI is InChI=1S/C16H22N2O2S/c1-5-6-14(19)17-16-18(7-8-20-4)13-10-11(2)9-12(3)15(13)21-16/h9-10H,5-8H2,1-4H3. The molecule has 0 saturated heterocycles. The maximum absolute atomic E-state index is 11.9. The molecule has 114 valence electrons. The number of aromatic nitrogens is 1. The number of hydrogen-bond donors (Lipinski definition) is 0. The third kappa shape index (κ3) is 3.60. The molecule has 5 heteroatoms. The Morgan fingerprint density at radius 3 is 2.81 bits per heavy atom. The number of aryl methyl sites for hydroxylation is 2. The Balaban J connectivity index is 2.63. The van der Waals surface area contributed by atoms with Gasteiger partial charge in [-0.05, 0) is 37.5 Å². The van der Waals surface area contributed by atoms with Gasteiger partial charge in [0.1, 0.15) is 0 Å². The van der Waals surface area contributed by atoms with Gasteiger partial charge in [-0.15, -0.1) is 0 Å². The molecule has 0 aliphatic rings. The highest BCUT2D eigenvalue weighted by Gasteiger charge is 2.10. The van der Waals surface area contributed by atoms with Crippen molar-refractivity contribution in [2.75, 3.05) is 13.7 Å². The second-order valence-electron chi connectivity index (χ2n) is 5.21. The molecule has 0 unspecified atom stereocenters. The van der Waals surface area contributed by atoms with Gasteiger partial charge in [0, 0.05) is 20.1 Å². The quantitative estimate of drug-likeness (QED) is 0.851. The van der Waals surface area contributed by atoms with Crippen molar-refractivity contribution in [2.45, 2.75) is 40.2 Å². The van der Waals surface area contributed by atoms with Gasteiger partial charge in [-0.2, -0.15) is 4.99 Å². The topological polar surface area (TPSA) is 43.6 Å². The van der Waals surface area contributed by atoms with Crippen LogP contribution in [0.4, 0.5) is 0 Å². The zero-order valence-electron chi connectivity index (χ0n) is 13.1. The van der Waals surface area contributed by atoms with Crippen molar-refractivity contribution in [1.82, 2.24) is 4.57 Å². The summed E-state index contributed by atoms with van der Waals surface area (Å²) in [5.41, 5.74) is 3.58. The number of methoxy groups -OCH3 is 1. The zero-order chi connectivity index (χ0) is 15.4. The Kier molecular flexibility index (Phi) is 5.31. The van der Waals surface area contributed by atoms with Crippen LogP contribution in [0.25, 0.3) is 10.2 Å². The summed E-state index contributed by atoms with van der Waals surface area (Å²) in [4.78, 5) is 16.9. The van der Waals surface area contributed by atoms with Gasteiger partial charge < -0.3 is 9.30 Å². The molecule has 0 N–H and O–H groups in total. The lowest BCUT2D eigenvalue weighted by molar-refractivity contribution is -0.118. The summed E-state index contributed by atoms with van der Waals surface area (Å²) in [6.45, 7) is 7.49. The smallest absolute Gasteiger partial charge is 0.248 e. The minimum Gasteiger partial charge on any atom is -0.383 e. The first-order chi connectivity index (χ1) is 10.1. The molecule has 0 fully saturated rings. The molecular formula is C16H22N2O2S. The first-order valence-corrected chi connectivity index (χ1v) is 8.05. The van der Waals surface area contributed by atoms with Crippen LogP contribution in [0, 0.1) is 13.8 Å². The van der Waals surface area contributed by atoms with Crippen LogP contribution in [0.1, 0.15) is 30.9 Å². The Bertz CT molecular complexity index is 713. The highest BCUT2D eigenvalue weighted by Crippen LogP contribution is 2.23. The fraction of sp³-hybridized carbons (Fsp3) is 0.500. The normalized spacial score (nSPS) is 12.3. The van der Waals surface area contributed by atoms with E-state index >= 15 is 0 Å². The van der Waals surface area contributed by atoms with E-state index in [0.29, 0.717) is 19.6 Å². The Morgan fingerprint density at radius 2 is 2.14 bits per heavy atom. The van der Waals surface area contributed by atoms with Crippen LogP contribution in [-0.2, 0) is 16.1 Å². The molecule has 2 aromatic rings. The van der Waals surface area contributed by atoms with Gasteiger partial charge in [-0.25, -0.2) is 0 Å². The number of fused-ring (bicyclic) bond motifs is 1. The third-order valence-electron chi connectivity index (χ3n) is 3.32. The molecule has 4 nitrogen and oxygen atoms in total. The van der Waals surface area contributed by atoms with Crippen LogP contribution in [0.2, 0.25) is 0 Å². The summed E-state index contributed by atoms with van der Waals surface area (Å²) in [7, 11) is 1.69. The van der Waals surface area contributed by atoms with E-state index in [-0.39, 0.29) is 5.91 Å². The Morgan fingerprint density at radius 1 is 1.38 bits per heavy atom. The van der Waals surface area contributed by atoms with Crippen molar-refractivity contribution >= 4 is 27.5 Å². The second-order valence-corrected chi connectivity index (χ2v) is 6.19. The number of carbonyl (C=O) groups excluding carboxylic acids is 1. The summed E-state index contributed by atoms with van der Waals surface area (Å²) in [6.07, 6.45) is 1.32. The maximum atomic E-state index is 11.9. The molecule has 21 heavy (non-hydrogen) atoms. The highest BCUT2D eigenvalue weighted by molar-refractivity contribution is 7.16. The molecule has 0 atom stereocenters. The van der Waals surface area contributed by atoms with E-state index in [0.717, 1.165) is 16.7 Å². The predicted molar refractivity (Wildman–Crippen MR) is 86.6 cm³/mol. The van der Waals surface area contributed by atoms with E-state index in [1.165, 1.54) is 15.8 Å². The fourth-order valence-corrected chi connectivity index (χ4v) is 3.50. The van der Waals surface area contributed by atoms with Crippen LogP contribution in [-0.4, -0.2) is 24.2 Å². The van der Waals surface area contributed by atoms with Crippen LogP contribution >= 0.6 is 11.3 Å². The first kappa shape index (κ1) is 15.9. The summed E-state index contributed by atoms with van der Waals surface area (Å²) < 4.78 is 8.48. The minimum atomic E-state index is -0.0513. The molecule has 1 amide bonds. The minimum absolute atomic E-state index is 0.0513. The lowest BCUT2D eigenvalue weighted by Crippen LogP contribution is -2.19. The molecule has 0 spiro atoms. The highest BCUT2D eigenvalue weighted by atomic mass is 32.1. The zero-order valence-corrected chi connectivity index (χ0v) is 13.9. The van der Waals surface area contributed by atoms with E-state index < -0.39 is 0 Å². The number of ether oxygens (including phenoxy) is 1. The molecule has 2 rings (SSSR count). The molecule has 1 heterocycles. The van der Waals surface area contributed by atoms with E-state index in [1.54, 1.807) is 18.4 Å². The summed E-state index contributed by atoms with van der Waals surface area (Å²) >= 11 is 1.58. The van der Waals surface area contributed by atoms with E-state index in [2.05, 4.69) is 35.5 Å². The Labute approximate surface area is 129 Å². The molecule has 0 radical (unpaired) electrons. The molecule has 0 saturated carbocycles. The Hall–Kier alpha value is -1.46. The van der Waals surface area contributed by atoms with E-state index in [9.17, 15) is 4.79 Å². The van der Waals surface area contributed by atoms with Crippen LogP contribution in [0.15, 0.2) is 17.1 Å². The number of hydrogen-bond acceptors (Lipinski definition) is 3. The van der Waals surface area contributed by atoms with Crippen molar-refractivity contribution in [2.24, 2.45) is 4.99 Å². The number of thiazole rings is 1. The summed E-state index contributed by atoms with van der Waals surface area (Å²) in [6, 6.07) is 4.31. The third-order valence-corrected chi connectivity index (χ3v) is 4.55. The van der Waals surface area contributed by atoms with Gasteiger partial charge in [0.15, 0.2) is 4.80 Å². The van der Waals surface area contributed by atoms with Crippen molar-refractivity contribution in [3.05, 3.63) is 28.1 Å². The van der Waals surface area contributed by atoms with E-state index in [1.807, 2.05) is 6.92 Å². The van der Waals surface area contributed by atoms with E-state index in [4.69, 9.17) is 4.74 Å². The van der Waals surface area contributed by atoms with Gasteiger partial charge in [0.05, 0.1) is 16.8 Å². The van der Waals surface area contributed by atoms with Crippen molar-refractivity contribution in [3.8, 4) is 0 Å². The number of benzene rings is 1. The van der Waals surface area contributed by atoms with Gasteiger partial charge in [-0.3, -0.25) is 4.79 Å². The average Bonchev–Trinajstić information content (AvgIpc) is 2.74. The number of amides is 1. The van der Waals surface area contributed by atoms with Crippen molar-refractivity contribution in [3.63, 3.8) is 0 Å². The summed E-state index contributed by atoms with van der Waals surface area (Å²) in [5, 5.41) is 0. The molecule has 1 aromatic carbocycles. The van der Waals surface area contributed by atoms with Crippen molar-refractivity contribution in [1.29, 1.82) is 0 Å². The molecule has 0 aliphatic carbocycles. The van der Waals surface area contributed by atoms with Gasteiger partial charge >= 0.3 is 0 Å². The lowest BCUT2D eigenvalue weighted by atomic mass is 10.1. The fourth-order valence-electron chi connectivity index (χ4n) is 2.37. The SMILES string of the molecule is CCCC(=O)N=c1sc2c(C)cc(C)cc2n1CCOC. The van der Waals surface area contributed by atoms with Crippen LogP contribution in [0.5, 0.6) is 0 Å². The first-order valence-electron chi connectivity index (χ1n) is 7.24. The monoisotopic (exact) mass is 306 g/mol. The maximum Gasteiger partial charge on any atom is 0.248 e. The van der Waals surface area contributed by atoms with Gasteiger partial charge in [-0.1, -0.05) is 24.3 Å². The molecular weight excluding hydrogens is 284 g/mol. The number of nitrogens with zero attached hydrogens (tertiary/aromatic N) is 2. The molecule has 1 aromatic heterocycles.